The van der Waals surface area contributed by atoms with Crippen molar-refractivity contribution < 1.29 is 29.0 Å². The van der Waals surface area contributed by atoms with E-state index in [9.17, 15) is 24.3 Å². The van der Waals surface area contributed by atoms with Gasteiger partial charge in [0.2, 0.25) is 11.8 Å². The summed E-state index contributed by atoms with van der Waals surface area (Å²) in [6, 6.07) is 8.58. The van der Waals surface area contributed by atoms with Gasteiger partial charge in [-0.15, -0.1) is 0 Å². The molecule has 2 aliphatic heterocycles. The number of carboxylic acid groups (broad SMARTS) is 1. The average Bonchev–Trinajstić information content (AvgIpc) is 3.45. The van der Waals surface area contributed by atoms with Gasteiger partial charge in [-0.3, -0.25) is 29.2 Å². The number of anilines is 1. The standard InChI is InChI=1S/C29H37N5O6/c1-29(2,3)21-8-10-22(11-9-21)34(27(37)23-7-5-13-33(23)28(38)39)25(20-6-4-12-30-18-20)26(36)31-19-24(35)32-14-16-40-17-15-32/h4,6,8-12,18,23,25H,5,7,13-17,19H2,1-3H3,(H,31,36)(H,38,39). The Morgan fingerprint density at radius 3 is 2.40 bits per heavy atom. The summed E-state index contributed by atoms with van der Waals surface area (Å²) >= 11 is 0. The molecule has 0 radical (unpaired) electrons. The molecule has 2 N–H and O–H groups in total. The summed E-state index contributed by atoms with van der Waals surface area (Å²) < 4.78 is 5.30. The van der Waals surface area contributed by atoms with Crippen LogP contribution < -0.4 is 10.2 Å². The van der Waals surface area contributed by atoms with Gasteiger partial charge in [-0.1, -0.05) is 39.0 Å². The third-order valence-corrected chi connectivity index (χ3v) is 7.32. The van der Waals surface area contributed by atoms with Crippen LogP contribution in [-0.4, -0.2) is 89.1 Å². The number of rotatable bonds is 7. The lowest BCUT2D eigenvalue weighted by Crippen LogP contribution is -2.53. The molecule has 2 aliphatic rings. The van der Waals surface area contributed by atoms with E-state index in [1.54, 1.807) is 35.4 Å². The molecular formula is C29H37N5O6. The molecule has 0 saturated carbocycles. The smallest absolute Gasteiger partial charge is 0.407 e. The largest absolute Gasteiger partial charge is 0.465 e. The normalized spacial score (nSPS) is 18.2. The van der Waals surface area contributed by atoms with Crippen LogP contribution in [0.2, 0.25) is 0 Å². The van der Waals surface area contributed by atoms with Crippen LogP contribution in [0.3, 0.4) is 0 Å². The molecule has 2 fully saturated rings. The molecule has 0 spiro atoms. The van der Waals surface area contributed by atoms with E-state index >= 15 is 0 Å². The number of aromatic nitrogens is 1. The molecule has 4 amide bonds. The highest BCUT2D eigenvalue weighted by Gasteiger charge is 2.42. The molecule has 3 heterocycles. The number of likely N-dealkylation sites (tertiary alicyclic amines) is 1. The van der Waals surface area contributed by atoms with E-state index in [-0.39, 0.29) is 24.4 Å². The first-order valence-electron chi connectivity index (χ1n) is 13.5. The molecule has 1 aromatic heterocycles. The maximum Gasteiger partial charge on any atom is 0.407 e. The molecule has 0 aliphatic carbocycles. The zero-order valence-corrected chi connectivity index (χ0v) is 23.2. The van der Waals surface area contributed by atoms with Gasteiger partial charge >= 0.3 is 6.09 Å². The van der Waals surface area contributed by atoms with E-state index in [1.165, 1.54) is 11.1 Å². The zero-order valence-electron chi connectivity index (χ0n) is 23.2. The Morgan fingerprint density at radius 1 is 1.10 bits per heavy atom. The Hall–Kier alpha value is -3.99. The number of ether oxygens (including phenoxy) is 1. The summed E-state index contributed by atoms with van der Waals surface area (Å²) in [6.45, 7) is 7.98. The molecule has 0 bridgehead atoms. The SMILES string of the molecule is CC(C)(C)c1ccc(N(C(=O)C2CCCN2C(=O)O)C(C(=O)NCC(=O)N2CCOCC2)c2cccnc2)cc1. The van der Waals surface area contributed by atoms with Crippen molar-refractivity contribution in [1.82, 2.24) is 20.1 Å². The molecule has 40 heavy (non-hydrogen) atoms. The third kappa shape index (κ3) is 6.59. The van der Waals surface area contributed by atoms with Crippen LogP contribution in [0.25, 0.3) is 0 Å². The molecule has 11 nitrogen and oxygen atoms in total. The minimum Gasteiger partial charge on any atom is -0.465 e. The van der Waals surface area contributed by atoms with Gasteiger partial charge in [0, 0.05) is 43.3 Å². The lowest BCUT2D eigenvalue weighted by atomic mass is 9.87. The zero-order chi connectivity index (χ0) is 28.9. The maximum absolute atomic E-state index is 14.2. The topological polar surface area (TPSA) is 132 Å². The first kappa shape index (κ1) is 29.0. The first-order valence-corrected chi connectivity index (χ1v) is 13.5. The van der Waals surface area contributed by atoms with Crippen LogP contribution in [0.1, 0.15) is 50.8 Å². The number of hydrogen-bond donors (Lipinski definition) is 2. The molecule has 1 aromatic carbocycles. The number of benzene rings is 1. The number of morpholine rings is 1. The summed E-state index contributed by atoms with van der Waals surface area (Å²) in [5.41, 5.74) is 1.78. The number of carbonyl (C=O) groups is 4. The van der Waals surface area contributed by atoms with Crippen LogP contribution >= 0.6 is 0 Å². The summed E-state index contributed by atoms with van der Waals surface area (Å²) in [7, 11) is 0. The number of carbonyl (C=O) groups excluding carboxylic acids is 3. The van der Waals surface area contributed by atoms with Gasteiger partial charge in [0.05, 0.1) is 19.8 Å². The van der Waals surface area contributed by atoms with Gasteiger partial charge in [0.15, 0.2) is 0 Å². The predicted molar refractivity (Wildman–Crippen MR) is 148 cm³/mol. The molecule has 4 rings (SSSR count). The minimum absolute atomic E-state index is 0.140. The highest BCUT2D eigenvalue weighted by molar-refractivity contribution is 6.05. The number of nitrogens with one attached hydrogen (secondary N) is 1. The van der Waals surface area contributed by atoms with Crippen LogP contribution in [0.4, 0.5) is 10.5 Å². The van der Waals surface area contributed by atoms with Crippen molar-refractivity contribution in [2.75, 3.05) is 44.3 Å². The highest BCUT2D eigenvalue weighted by atomic mass is 16.5. The van der Waals surface area contributed by atoms with E-state index in [2.05, 4.69) is 31.1 Å². The Bertz CT molecular complexity index is 1210. The van der Waals surface area contributed by atoms with Crippen LogP contribution in [0, 0.1) is 0 Å². The number of amides is 4. The monoisotopic (exact) mass is 551 g/mol. The van der Waals surface area contributed by atoms with Gasteiger partial charge in [0.25, 0.3) is 5.91 Å². The van der Waals surface area contributed by atoms with Crippen molar-refractivity contribution in [2.45, 2.75) is 51.1 Å². The lowest BCUT2D eigenvalue weighted by Gasteiger charge is -2.35. The van der Waals surface area contributed by atoms with E-state index in [1.807, 2.05) is 12.1 Å². The van der Waals surface area contributed by atoms with E-state index in [4.69, 9.17) is 4.74 Å². The van der Waals surface area contributed by atoms with Gasteiger partial charge in [-0.25, -0.2) is 4.79 Å². The second-order valence-electron chi connectivity index (χ2n) is 11.0. The number of nitrogens with zero attached hydrogens (tertiary/aromatic N) is 4. The number of hydrogen-bond acceptors (Lipinski definition) is 6. The van der Waals surface area contributed by atoms with Crippen molar-refractivity contribution in [3.05, 3.63) is 59.9 Å². The van der Waals surface area contributed by atoms with Gasteiger partial charge in [-0.2, -0.15) is 0 Å². The fraction of sp³-hybridized carbons (Fsp3) is 0.483. The molecule has 2 aromatic rings. The summed E-state index contributed by atoms with van der Waals surface area (Å²) in [5.74, 6) is -1.32. The summed E-state index contributed by atoms with van der Waals surface area (Å²) in [5, 5.41) is 12.5. The van der Waals surface area contributed by atoms with Crippen LogP contribution in [0.15, 0.2) is 48.8 Å². The fourth-order valence-electron chi connectivity index (χ4n) is 5.08. The molecule has 2 atom stereocenters. The molecule has 2 unspecified atom stereocenters. The predicted octanol–water partition coefficient (Wildman–Crippen LogP) is 2.57. The van der Waals surface area contributed by atoms with Gasteiger partial charge in [0.1, 0.15) is 12.1 Å². The fourth-order valence-corrected chi connectivity index (χ4v) is 5.08. The Balaban J connectivity index is 1.71. The van der Waals surface area contributed by atoms with Crippen molar-refractivity contribution in [2.24, 2.45) is 0 Å². The van der Waals surface area contributed by atoms with Crippen molar-refractivity contribution in [3.63, 3.8) is 0 Å². The molecule has 11 heteroatoms. The molecule has 2 saturated heterocycles. The van der Waals surface area contributed by atoms with Crippen molar-refractivity contribution in [1.29, 1.82) is 0 Å². The second-order valence-corrected chi connectivity index (χ2v) is 11.0. The van der Waals surface area contributed by atoms with Crippen LogP contribution in [0.5, 0.6) is 0 Å². The van der Waals surface area contributed by atoms with Crippen LogP contribution in [-0.2, 0) is 24.5 Å². The van der Waals surface area contributed by atoms with Crippen molar-refractivity contribution in [3.8, 4) is 0 Å². The Kier molecular flexibility index (Phi) is 9.03. The van der Waals surface area contributed by atoms with E-state index in [0.29, 0.717) is 50.4 Å². The Morgan fingerprint density at radius 2 is 1.80 bits per heavy atom. The highest BCUT2D eigenvalue weighted by Crippen LogP contribution is 2.33. The van der Waals surface area contributed by atoms with Gasteiger partial charge in [-0.05, 0) is 42.0 Å². The Labute approximate surface area is 234 Å². The van der Waals surface area contributed by atoms with Gasteiger partial charge < -0.3 is 20.1 Å². The van der Waals surface area contributed by atoms with Crippen molar-refractivity contribution >= 4 is 29.5 Å². The lowest BCUT2D eigenvalue weighted by molar-refractivity contribution is -0.136. The number of pyridine rings is 1. The second kappa shape index (κ2) is 12.5. The maximum atomic E-state index is 14.2. The molecular weight excluding hydrogens is 514 g/mol. The molecule has 214 valence electrons. The average molecular weight is 552 g/mol. The minimum atomic E-state index is -1.18. The van der Waals surface area contributed by atoms with E-state index in [0.717, 1.165) is 10.5 Å². The summed E-state index contributed by atoms with van der Waals surface area (Å²) in [4.78, 5) is 61.0. The quantitative estimate of drug-likeness (QED) is 0.541. The summed E-state index contributed by atoms with van der Waals surface area (Å²) in [6.07, 6.45) is 2.77. The first-order chi connectivity index (χ1) is 19.1. The third-order valence-electron chi connectivity index (χ3n) is 7.32. The van der Waals surface area contributed by atoms with E-state index < -0.39 is 30.0 Å².